The van der Waals surface area contributed by atoms with Gasteiger partial charge in [0.1, 0.15) is 10.7 Å². The number of carbonyl (C=O) groups is 1. The lowest BCUT2D eigenvalue weighted by atomic mass is 10.0. The molecule has 136 valence electrons. The maximum Gasteiger partial charge on any atom is 0.286 e. The molecule has 0 saturated carbocycles. The van der Waals surface area contributed by atoms with Crippen molar-refractivity contribution >= 4 is 27.5 Å². The number of carbonyl (C=O) groups excluding carboxylic acids is 1. The lowest BCUT2D eigenvalue weighted by Gasteiger charge is -2.23. The highest BCUT2D eigenvalue weighted by molar-refractivity contribution is 7.90. The SMILES string of the molecule is C#CCCC1(CCC(=O)N(C)CC2=NS(=O)(=O)c3ccccc3N2)N=N1. The van der Waals surface area contributed by atoms with Crippen molar-refractivity contribution in [2.24, 2.45) is 14.6 Å². The maximum absolute atomic E-state index is 12.3. The summed E-state index contributed by atoms with van der Waals surface area (Å²) in [6.45, 7) is 0.0675. The van der Waals surface area contributed by atoms with Gasteiger partial charge in [0.25, 0.3) is 10.0 Å². The number of sulfonamides is 1. The number of anilines is 1. The molecule has 8 nitrogen and oxygen atoms in total. The van der Waals surface area contributed by atoms with E-state index in [-0.39, 0.29) is 29.6 Å². The van der Waals surface area contributed by atoms with Crippen LogP contribution in [-0.2, 0) is 14.8 Å². The molecule has 0 atom stereocenters. The molecule has 0 bridgehead atoms. The van der Waals surface area contributed by atoms with Gasteiger partial charge in [-0.25, -0.2) is 0 Å². The molecule has 2 aliphatic rings. The standard InChI is InChI=1S/C17H19N5O3S/c1-3-4-10-17(20-21-17)11-9-16(23)22(2)12-15-18-13-7-5-6-8-14(13)26(24,25)19-15/h1,5-8H,4,9-12H2,2H3,(H,18,19). The van der Waals surface area contributed by atoms with Gasteiger partial charge < -0.3 is 10.2 Å². The fraction of sp³-hybridized carbons (Fsp3) is 0.412. The van der Waals surface area contributed by atoms with Crippen LogP contribution in [0.2, 0.25) is 0 Å². The molecule has 9 heteroatoms. The second-order valence-corrected chi connectivity index (χ2v) is 7.84. The monoisotopic (exact) mass is 373 g/mol. The molecule has 0 spiro atoms. The van der Waals surface area contributed by atoms with Crippen molar-refractivity contribution in [3.63, 3.8) is 0 Å². The van der Waals surface area contributed by atoms with Crippen LogP contribution in [0.15, 0.2) is 43.8 Å². The van der Waals surface area contributed by atoms with Crippen LogP contribution in [0.1, 0.15) is 25.7 Å². The molecule has 1 N–H and O–H groups in total. The van der Waals surface area contributed by atoms with E-state index in [9.17, 15) is 13.2 Å². The number of benzene rings is 1. The number of amides is 1. The normalized spacial score (nSPS) is 18.1. The number of para-hydroxylation sites is 1. The summed E-state index contributed by atoms with van der Waals surface area (Å²) in [6, 6.07) is 6.52. The smallest absolute Gasteiger partial charge is 0.286 e. The molecule has 26 heavy (non-hydrogen) atoms. The average Bonchev–Trinajstić information content (AvgIpc) is 3.37. The minimum atomic E-state index is -3.76. The molecular weight excluding hydrogens is 354 g/mol. The van der Waals surface area contributed by atoms with Crippen molar-refractivity contribution < 1.29 is 13.2 Å². The largest absolute Gasteiger partial charge is 0.340 e. The van der Waals surface area contributed by atoms with Gasteiger partial charge in [-0.15, -0.1) is 16.7 Å². The van der Waals surface area contributed by atoms with Gasteiger partial charge in [-0.05, 0) is 12.1 Å². The van der Waals surface area contributed by atoms with Crippen molar-refractivity contribution in [3.8, 4) is 12.3 Å². The third-order valence-electron chi connectivity index (χ3n) is 4.28. The Balaban J connectivity index is 1.58. The van der Waals surface area contributed by atoms with Crippen LogP contribution >= 0.6 is 0 Å². The second kappa shape index (κ2) is 6.88. The molecular formula is C17H19N5O3S. The fourth-order valence-electron chi connectivity index (χ4n) is 2.71. The Morgan fingerprint density at radius 2 is 2.04 bits per heavy atom. The third-order valence-corrected chi connectivity index (χ3v) is 5.65. The van der Waals surface area contributed by atoms with Crippen LogP contribution in [0.25, 0.3) is 0 Å². The predicted octanol–water partition coefficient (Wildman–Crippen LogP) is 2.01. The number of fused-ring (bicyclic) bond motifs is 1. The van der Waals surface area contributed by atoms with Crippen LogP contribution < -0.4 is 5.32 Å². The number of hydrogen-bond acceptors (Lipinski definition) is 6. The topological polar surface area (TPSA) is 104 Å². The lowest BCUT2D eigenvalue weighted by Crippen LogP contribution is -2.37. The quantitative estimate of drug-likeness (QED) is 0.738. The summed E-state index contributed by atoms with van der Waals surface area (Å²) in [5.41, 5.74) is -0.0478. The Hall–Kier alpha value is -2.73. The lowest BCUT2D eigenvalue weighted by molar-refractivity contribution is -0.129. The zero-order chi connectivity index (χ0) is 18.8. The summed E-state index contributed by atoms with van der Waals surface area (Å²) in [4.78, 5) is 13.9. The number of nitrogens with one attached hydrogen (secondary N) is 1. The maximum atomic E-state index is 12.3. The minimum absolute atomic E-state index is 0.0675. The number of amidine groups is 1. The molecule has 2 heterocycles. The van der Waals surface area contributed by atoms with Gasteiger partial charge in [0.2, 0.25) is 5.91 Å². The molecule has 1 amide bonds. The van der Waals surface area contributed by atoms with Crippen LogP contribution in [0.4, 0.5) is 5.69 Å². The highest BCUT2D eigenvalue weighted by atomic mass is 32.2. The summed E-state index contributed by atoms with van der Waals surface area (Å²) >= 11 is 0. The van der Waals surface area contributed by atoms with Crippen molar-refractivity contribution in [2.45, 2.75) is 36.2 Å². The van der Waals surface area contributed by atoms with Crippen LogP contribution in [0.3, 0.4) is 0 Å². The van der Waals surface area contributed by atoms with Gasteiger partial charge in [0, 0.05) is 32.7 Å². The Kier molecular flexibility index (Phi) is 4.78. The molecule has 0 saturated heterocycles. The average molecular weight is 373 g/mol. The molecule has 0 aliphatic carbocycles. The Morgan fingerprint density at radius 1 is 1.31 bits per heavy atom. The molecule has 1 aromatic rings. The first kappa shape index (κ1) is 18.1. The van der Waals surface area contributed by atoms with Gasteiger partial charge in [0.15, 0.2) is 5.66 Å². The van der Waals surface area contributed by atoms with Gasteiger partial charge in [-0.3, -0.25) is 4.79 Å². The van der Waals surface area contributed by atoms with E-state index in [0.29, 0.717) is 24.9 Å². The first-order chi connectivity index (χ1) is 12.4. The number of rotatable bonds is 7. The summed E-state index contributed by atoms with van der Waals surface area (Å²) < 4.78 is 28.2. The minimum Gasteiger partial charge on any atom is -0.340 e. The van der Waals surface area contributed by atoms with Gasteiger partial charge >= 0.3 is 0 Å². The summed E-state index contributed by atoms with van der Waals surface area (Å²) in [7, 11) is -2.15. The van der Waals surface area contributed by atoms with E-state index in [1.165, 1.54) is 11.0 Å². The molecule has 0 unspecified atom stereocenters. The number of likely N-dealkylation sites (N-methyl/N-ethyl adjacent to an activating group) is 1. The summed E-state index contributed by atoms with van der Waals surface area (Å²) in [6.07, 6.45) is 7.21. The number of terminal acetylenes is 1. The highest BCUT2D eigenvalue weighted by Crippen LogP contribution is 2.37. The van der Waals surface area contributed by atoms with E-state index >= 15 is 0 Å². The molecule has 0 aromatic heterocycles. The second-order valence-electron chi connectivity index (χ2n) is 6.27. The van der Waals surface area contributed by atoms with E-state index in [4.69, 9.17) is 6.42 Å². The molecule has 3 rings (SSSR count). The van der Waals surface area contributed by atoms with Crippen molar-refractivity contribution in [2.75, 3.05) is 18.9 Å². The van der Waals surface area contributed by atoms with E-state index < -0.39 is 15.7 Å². The van der Waals surface area contributed by atoms with Crippen LogP contribution in [-0.4, -0.2) is 44.3 Å². The molecule has 2 aliphatic heterocycles. The number of nitrogens with zero attached hydrogens (tertiary/aromatic N) is 4. The zero-order valence-corrected chi connectivity index (χ0v) is 15.2. The van der Waals surface area contributed by atoms with Crippen molar-refractivity contribution in [3.05, 3.63) is 24.3 Å². The predicted molar refractivity (Wildman–Crippen MR) is 97.2 cm³/mol. The van der Waals surface area contributed by atoms with Crippen LogP contribution in [0.5, 0.6) is 0 Å². The first-order valence-corrected chi connectivity index (χ1v) is 9.61. The van der Waals surface area contributed by atoms with E-state index in [1.807, 2.05) is 0 Å². The van der Waals surface area contributed by atoms with Crippen molar-refractivity contribution in [1.82, 2.24) is 4.90 Å². The fourth-order valence-corrected chi connectivity index (χ4v) is 3.85. The zero-order valence-electron chi connectivity index (χ0n) is 14.3. The van der Waals surface area contributed by atoms with Gasteiger partial charge in [0.05, 0.1) is 12.2 Å². The van der Waals surface area contributed by atoms with E-state index in [1.54, 1.807) is 25.2 Å². The summed E-state index contributed by atoms with van der Waals surface area (Å²) in [5.74, 6) is 2.62. The van der Waals surface area contributed by atoms with Gasteiger partial charge in [-0.1, -0.05) is 12.1 Å². The van der Waals surface area contributed by atoms with Crippen LogP contribution in [0, 0.1) is 12.3 Å². The Bertz CT molecular complexity index is 924. The number of hydrogen-bond donors (Lipinski definition) is 1. The van der Waals surface area contributed by atoms with Crippen molar-refractivity contribution in [1.29, 1.82) is 0 Å². The van der Waals surface area contributed by atoms with E-state index in [0.717, 1.165) is 0 Å². The van der Waals surface area contributed by atoms with E-state index in [2.05, 4.69) is 25.9 Å². The summed E-state index contributed by atoms with van der Waals surface area (Å²) in [5, 5.41) is 11.0. The highest BCUT2D eigenvalue weighted by Gasteiger charge is 2.39. The molecule has 1 aromatic carbocycles. The Labute approximate surface area is 152 Å². The first-order valence-electron chi connectivity index (χ1n) is 8.17. The molecule has 0 fully saturated rings. The van der Waals surface area contributed by atoms with Gasteiger partial charge in [-0.2, -0.15) is 18.6 Å². The Morgan fingerprint density at radius 3 is 2.73 bits per heavy atom. The molecule has 0 radical (unpaired) electrons. The third kappa shape index (κ3) is 3.91.